The van der Waals surface area contributed by atoms with Gasteiger partial charge in [0.2, 0.25) is 5.91 Å². The van der Waals surface area contributed by atoms with Crippen molar-refractivity contribution in [1.29, 1.82) is 0 Å². The lowest BCUT2D eigenvalue weighted by atomic mass is 10.2. The zero-order valence-corrected chi connectivity index (χ0v) is 16.0. The molecule has 1 aromatic rings. The number of likely N-dealkylation sites (tertiary alicyclic amines) is 1. The number of hydrogen-bond acceptors (Lipinski definition) is 2. The van der Waals surface area contributed by atoms with Crippen LogP contribution in [0.1, 0.15) is 25.3 Å². The van der Waals surface area contributed by atoms with Crippen molar-refractivity contribution in [1.82, 2.24) is 10.2 Å². The number of carbonyl (C=O) groups excluding carboxylic acids is 1. The highest BCUT2D eigenvalue weighted by Crippen LogP contribution is 2.27. The van der Waals surface area contributed by atoms with Gasteiger partial charge in [0, 0.05) is 31.9 Å². The summed E-state index contributed by atoms with van der Waals surface area (Å²) in [5.74, 6) is 0.959. The smallest absolute Gasteiger partial charge is 0.244 e. The predicted molar refractivity (Wildman–Crippen MR) is 105 cm³/mol. The Bertz CT molecular complexity index is 569. The van der Waals surface area contributed by atoms with Gasteiger partial charge in [0.05, 0.1) is 0 Å². The van der Waals surface area contributed by atoms with Crippen molar-refractivity contribution in [3.8, 4) is 0 Å². The maximum atomic E-state index is 12.2. The van der Waals surface area contributed by atoms with Crippen molar-refractivity contribution in [3.63, 3.8) is 0 Å². The van der Waals surface area contributed by atoms with E-state index in [-0.39, 0.29) is 36.4 Å². The highest BCUT2D eigenvalue weighted by molar-refractivity contribution is 14.0. The minimum absolute atomic E-state index is 0. The summed E-state index contributed by atoms with van der Waals surface area (Å²) in [7, 11) is 0. The van der Waals surface area contributed by atoms with Crippen molar-refractivity contribution < 1.29 is 4.79 Å². The summed E-state index contributed by atoms with van der Waals surface area (Å²) >= 11 is 0. The summed E-state index contributed by atoms with van der Waals surface area (Å²) in [6.07, 6.45) is 3.27. The molecule has 23 heavy (non-hydrogen) atoms. The normalized spacial score (nSPS) is 17.0. The summed E-state index contributed by atoms with van der Waals surface area (Å²) in [6.45, 7) is 5.79. The molecule has 0 aromatic heterocycles. The molecule has 2 heterocycles. The molecule has 5 nitrogen and oxygen atoms in total. The Balaban J connectivity index is 0.00000192. The zero-order valence-electron chi connectivity index (χ0n) is 13.6. The Kier molecular flexibility index (Phi) is 6.68. The van der Waals surface area contributed by atoms with Crippen LogP contribution in [0.2, 0.25) is 0 Å². The molecule has 0 bridgehead atoms. The second kappa shape index (κ2) is 8.52. The molecule has 1 N–H and O–H groups in total. The Labute approximate surface area is 155 Å². The molecule has 1 fully saturated rings. The van der Waals surface area contributed by atoms with Crippen LogP contribution < -0.4 is 10.2 Å². The lowest BCUT2D eigenvalue weighted by Gasteiger charge is -2.22. The molecule has 0 unspecified atom stereocenters. The SMILES string of the molecule is CCNC(=NCC(=O)N1CCCC1)N1CCc2ccccc21.I. The van der Waals surface area contributed by atoms with Crippen LogP contribution in [0.25, 0.3) is 0 Å². The molecule has 0 saturated carbocycles. The van der Waals surface area contributed by atoms with Gasteiger partial charge in [-0.3, -0.25) is 4.79 Å². The van der Waals surface area contributed by atoms with Crippen LogP contribution in [-0.4, -0.2) is 49.5 Å². The summed E-state index contributed by atoms with van der Waals surface area (Å²) in [6, 6.07) is 8.41. The molecule has 2 aliphatic heterocycles. The summed E-state index contributed by atoms with van der Waals surface area (Å²) in [4.78, 5) is 20.9. The van der Waals surface area contributed by atoms with E-state index in [0.717, 1.165) is 51.4 Å². The molecule has 0 aliphatic carbocycles. The summed E-state index contributed by atoms with van der Waals surface area (Å²) in [5.41, 5.74) is 2.55. The number of anilines is 1. The maximum absolute atomic E-state index is 12.2. The minimum Gasteiger partial charge on any atom is -0.356 e. The highest BCUT2D eigenvalue weighted by Gasteiger charge is 2.23. The highest BCUT2D eigenvalue weighted by atomic mass is 127. The van der Waals surface area contributed by atoms with E-state index >= 15 is 0 Å². The summed E-state index contributed by atoms with van der Waals surface area (Å²) in [5, 5.41) is 3.32. The van der Waals surface area contributed by atoms with Crippen LogP contribution in [-0.2, 0) is 11.2 Å². The third-order valence-corrected chi connectivity index (χ3v) is 4.30. The van der Waals surface area contributed by atoms with Gasteiger partial charge in [0.1, 0.15) is 6.54 Å². The molecule has 0 radical (unpaired) electrons. The topological polar surface area (TPSA) is 47.9 Å². The van der Waals surface area contributed by atoms with Crippen molar-refractivity contribution >= 4 is 41.5 Å². The molecule has 0 atom stereocenters. The molecule has 1 saturated heterocycles. The lowest BCUT2D eigenvalue weighted by molar-refractivity contribution is -0.128. The Hall–Kier alpha value is -1.31. The van der Waals surface area contributed by atoms with Crippen molar-refractivity contribution in [2.45, 2.75) is 26.2 Å². The number of rotatable bonds is 3. The molecule has 3 rings (SSSR count). The number of nitrogens with zero attached hydrogens (tertiary/aromatic N) is 3. The number of hydrogen-bond donors (Lipinski definition) is 1. The number of fused-ring (bicyclic) bond motifs is 1. The standard InChI is InChI=1S/C17H24N4O.HI/c1-2-18-17(19-13-16(22)20-10-5-6-11-20)21-12-9-14-7-3-4-8-15(14)21;/h3-4,7-8H,2,5-6,9-13H2,1H3,(H,18,19);1H. The molecule has 0 spiro atoms. The van der Waals surface area contributed by atoms with Crippen LogP contribution in [0.3, 0.4) is 0 Å². The van der Waals surface area contributed by atoms with Gasteiger partial charge in [-0.15, -0.1) is 24.0 Å². The Morgan fingerprint density at radius 3 is 2.70 bits per heavy atom. The fraction of sp³-hybridized carbons (Fsp3) is 0.529. The zero-order chi connectivity index (χ0) is 15.4. The first kappa shape index (κ1) is 18.0. The van der Waals surface area contributed by atoms with Crippen LogP contribution >= 0.6 is 24.0 Å². The monoisotopic (exact) mass is 428 g/mol. The number of para-hydroxylation sites is 1. The van der Waals surface area contributed by atoms with Crippen molar-refractivity contribution in [3.05, 3.63) is 29.8 Å². The number of carbonyl (C=O) groups is 1. The first-order valence-corrected chi connectivity index (χ1v) is 8.21. The number of aliphatic imine (C=N–C) groups is 1. The van der Waals surface area contributed by atoms with E-state index in [0.29, 0.717) is 0 Å². The molecule has 126 valence electrons. The number of nitrogens with one attached hydrogen (secondary N) is 1. The van der Waals surface area contributed by atoms with Gasteiger partial charge in [-0.2, -0.15) is 0 Å². The molecule has 1 amide bonds. The fourth-order valence-corrected chi connectivity index (χ4v) is 3.16. The molecular formula is C17H25IN4O. The molecular weight excluding hydrogens is 403 g/mol. The van der Waals surface area contributed by atoms with Gasteiger partial charge in [0.15, 0.2) is 5.96 Å². The first-order chi connectivity index (χ1) is 10.8. The van der Waals surface area contributed by atoms with Crippen LogP contribution in [0.5, 0.6) is 0 Å². The molecule has 2 aliphatic rings. The predicted octanol–water partition coefficient (Wildman–Crippen LogP) is 2.26. The molecule has 1 aromatic carbocycles. The van der Waals surface area contributed by atoms with Gasteiger partial charge >= 0.3 is 0 Å². The first-order valence-electron chi connectivity index (χ1n) is 8.21. The Morgan fingerprint density at radius 2 is 1.96 bits per heavy atom. The molecule has 6 heteroatoms. The number of halogens is 1. The van der Waals surface area contributed by atoms with Gasteiger partial charge in [-0.25, -0.2) is 4.99 Å². The Morgan fingerprint density at radius 1 is 1.22 bits per heavy atom. The van der Waals surface area contributed by atoms with Gasteiger partial charge in [0.25, 0.3) is 0 Å². The summed E-state index contributed by atoms with van der Waals surface area (Å²) < 4.78 is 0. The average molecular weight is 428 g/mol. The van der Waals surface area contributed by atoms with E-state index in [1.807, 2.05) is 4.90 Å². The van der Waals surface area contributed by atoms with Gasteiger partial charge in [-0.1, -0.05) is 18.2 Å². The number of guanidine groups is 1. The largest absolute Gasteiger partial charge is 0.356 e. The quantitative estimate of drug-likeness (QED) is 0.457. The van der Waals surface area contributed by atoms with E-state index in [2.05, 4.69) is 46.4 Å². The van der Waals surface area contributed by atoms with Crippen LogP contribution in [0, 0.1) is 0 Å². The van der Waals surface area contributed by atoms with Gasteiger partial charge in [-0.05, 0) is 37.8 Å². The van der Waals surface area contributed by atoms with Crippen LogP contribution in [0.4, 0.5) is 5.69 Å². The van der Waals surface area contributed by atoms with E-state index in [9.17, 15) is 4.79 Å². The maximum Gasteiger partial charge on any atom is 0.244 e. The number of benzene rings is 1. The van der Waals surface area contributed by atoms with E-state index in [4.69, 9.17) is 0 Å². The van der Waals surface area contributed by atoms with Crippen molar-refractivity contribution in [2.24, 2.45) is 4.99 Å². The second-order valence-corrected chi connectivity index (χ2v) is 5.79. The third kappa shape index (κ3) is 4.16. The third-order valence-electron chi connectivity index (χ3n) is 4.30. The van der Waals surface area contributed by atoms with Crippen molar-refractivity contribution in [2.75, 3.05) is 37.6 Å². The van der Waals surface area contributed by atoms with Crippen LogP contribution in [0.15, 0.2) is 29.3 Å². The van der Waals surface area contributed by atoms with E-state index < -0.39 is 0 Å². The fourth-order valence-electron chi connectivity index (χ4n) is 3.16. The van der Waals surface area contributed by atoms with E-state index in [1.165, 1.54) is 11.3 Å². The lowest BCUT2D eigenvalue weighted by Crippen LogP contribution is -2.41. The number of amides is 1. The average Bonchev–Trinajstić information content (AvgIpc) is 3.20. The minimum atomic E-state index is 0. The van der Waals surface area contributed by atoms with E-state index in [1.54, 1.807) is 0 Å². The van der Waals surface area contributed by atoms with Gasteiger partial charge < -0.3 is 15.1 Å². The second-order valence-electron chi connectivity index (χ2n) is 5.79.